The number of unbranched alkanes of at least 4 members (excludes halogenated alkanes) is 1. The third-order valence-electron chi connectivity index (χ3n) is 2.02. The highest BCUT2D eigenvalue weighted by Crippen LogP contribution is 2.19. The Bertz CT molecular complexity index is 139. The van der Waals surface area contributed by atoms with Gasteiger partial charge in [-0.1, -0.05) is 27.2 Å². The van der Waals surface area contributed by atoms with Crippen molar-refractivity contribution in [3.63, 3.8) is 0 Å². The van der Waals surface area contributed by atoms with Crippen LogP contribution in [0.2, 0.25) is 0 Å². The summed E-state index contributed by atoms with van der Waals surface area (Å²) in [6, 6.07) is 0. The summed E-state index contributed by atoms with van der Waals surface area (Å²) in [5.74, 6) is 0.311. The van der Waals surface area contributed by atoms with Crippen LogP contribution in [0.4, 0.5) is 0 Å². The van der Waals surface area contributed by atoms with Crippen molar-refractivity contribution >= 4 is 5.78 Å². The molecule has 0 saturated carbocycles. The van der Waals surface area contributed by atoms with Gasteiger partial charge in [0, 0.05) is 18.9 Å². The zero-order valence-corrected chi connectivity index (χ0v) is 8.64. The number of hydrogen-bond acceptors (Lipinski definition) is 2. The molecule has 0 aliphatic rings. The van der Waals surface area contributed by atoms with E-state index in [1.54, 1.807) is 7.11 Å². The van der Waals surface area contributed by atoms with Crippen LogP contribution in [0.25, 0.3) is 0 Å². The van der Waals surface area contributed by atoms with Crippen LogP contribution in [-0.4, -0.2) is 19.5 Å². The first-order chi connectivity index (χ1) is 5.54. The largest absolute Gasteiger partial charge is 0.384 e. The lowest BCUT2D eigenvalue weighted by Crippen LogP contribution is -2.28. The first-order valence-electron chi connectivity index (χ1n) is 4.57. The van der Waals surface area contributed by atoms with Gasteiger partial charge in [0.25, 0.3) is 0 Å². The summed E-state index contributed by atoms with van der Waals surface area (Å²) < 4.78 is 4.99. The minimum absolute atomic E-state index is 0.302. The predicted octanol–water partition coefficient (Wildman–Crippen LogP) is 2.42. The standard InChI is InChI=1S/C10H20O2/c1-5-6-7-9(11)10(2,3)8-12-4/h5-8H2,1-4H3. The molecule has 2 heteroatoms. The molecule has 2 nitrogen and oxygen atoms in total. The van der Waals surface area contributed by atoms with E-state index in [-0.39, 0.29) is 5.41 Å². The number of carbonyl (C=O) groups is 1. The number of methoxy groups -OCH3 is 1. The molecule has 0 amide bonds. The number of carbonyl (C=O) groups excluding carboxylic acids is 1. The van der Waals surface area contributed by atoms with E-state index < -0.39 is 0 Å². The molecule has 0 aromatic heterocycles. The van der Waals surface area contributed by atoms with Gasteiger partial charge in [-0.05, 0) is 6.42 Å². The van der Waals surface area contributed by atoms with E-state index in [1.165, 1.54) is 0 Å². The molecular formula is C10H20O2. The van der Waals surface area contributed by atoms with Gasteiger partial charge < -0.3 is 4.74 Å². The summed E-state index contributed by atoms with van der Waals surface area (Å²) in [6.07, 6.45) is 2.76. The van der Waals surface area contributed by atoms with E-state index >= 15 is 0 Å². The Kier molecular flexibility index (Phi) is 5.14. The van der Waals surface area contributed by atoms with Crippen molar-refractivity contribution < 1.29 is 9.53 Å². The predicted molar refractivity (Wildman–Crippen MR) is 50.2 cm³/mol. The zero-order valence-electron chi connectivity index (χ0n) is 8.64. The smallest absolute Gasteiger partial charge is 0.140 e. The molecule has 0 bridgehead atoms. The number of Topliss-reactive ketones (excluding diaryl/α,β-unsaturated/α-hetero) is 1. The van der Waals surface area contributed by atoms with Gasteiger partial charge in [0.15, 0.2) is 0 Å². The summed E-state index contributed by atoms with van der Waals surface area (Å²) in [4.78, 5) is 11.5. The third kappa shape index (κ3) is 3.86. The highest BCUT2D eigenvalue weighted by atomic mass is 16.5. The van der Waals surface area contributed by atoms with Crippen LogP contribution in [0.15, 0.2) is 0 Å². The maximum absolute atomic E-state index is 11.5. The van der Waals surface area contributed by atoms with Crippen molar-refractivity contribution in [3.05, 3.63) is 0 Å². The highest BCUT2D eigenvalue weighted by Gasteiger charge is 2.26. The summed E-state index contributed by atoms with van der Waals surface area (Å²) in [7, 11) is 1.63. The van der Waals surface area contributed by atoms with Crippen LogP contribution in [-0.2, 0) is 9.53 Å². The molecule has 12 heavy (non-hydrogen) atoms. The van der Waals surface area contributed by atoms with Crippen LogP contribution >= 0.6 is 0 Å². The second-order valence-electron chi connectivity index (χ2n) is 3.84. The van der Waals surface area contributed by atoms with Crippen LogP contribution < -0.4 is 0 Å². The molecule has 0 heterocycles. The summed E-state index contributed by atoms with van der Waals surface area (Å²) in [5.41, 5.74) is -0.302. The fourth-order valence-corrected chi connectivity index (χ4v) is 1.12. The second kappa shape index (κ2) is 5.31. The molecule has 0 rings (SSSR count). The molecule has 0 atom stereocenters. The van der Waals surface area contributed by atoms with Crippen molar-refractivity contribution in [3.8, 4) is 0 Å². The topological polar surface area (TPSA) is 26.3 Å². The van der Waals surface area contributed by atoms with Gasteiger partial charge in [-0.2, -0.15) is 0 Å². The van der Waals surface area contributed by atoms with Gasteiger partial charge in [-0.25, -0.2) is 0 Å². The van der Waals surface area contributed by atoms with Crippen LogP contribution in [0.5, 0.6) is 0 Å². The van der Waals surface area contributed by atoms with Crippen molar-refractivity contribution in [2.45, 2.75) is 40.0 Å². The first-order valence-corrected chi connectivity index (χ1v) is 4.57. The molecule has 0 spiro atoms. The fourth-order valence-electron chi connectivity index (χ4n) is 1.12. The second-order valence-corrected chi connectivity index (χ2v) is 3.84. The maximum atomic E-state index is 11.5. The van der Waals surface area contributed by atoms with E-state index in [2.05, 4.69) is 6.92 Å². The number of ether oxygens (including phenoxy) is 1. The molecule has 0 N–H and O–H groups in total. The lowest BCUT2D eigenvalue weighted by molar-refractivity contribution is -0.129. The number of rotatable bonds is 6. The summed E-state index contributed by atoms with van der Waals surface area (Å²) >= 11 is 0. The first kappa shape index (κ1) is 11.6. The minimum atomic E-state index is -0.302. The number of hydrogen-bond donors (Lipinski definition) is 0. The SMILES string of the molecule is CCCCC(=O)C(C)(C)COC. The van der Waals surface area contributed by atoms with Gasteiger partial charge in [0.05, 0.1) is 6.61 Å². The summed E-state index contributed by atoms with van der Waals surface area (Å²) in [6.45, 7) is 6.50. The van der Waals surface area contributed by atoms with E-state index in [1.807, 2.05) is 13.8 Å². The highest BCUT2D eigenvalue weighted by molar-refractivity contribution is 5.84. The van der Waals surface area contributed by atoms with E-state index in [0.717, 1.165) is 12.8 Å². The minimum Gasteiger partial charge on any atom is -0.384 e. The molecule has 0 aromatic rings. The van der Waals surface area contributed by atoms with Gasteiger partial charge >= 0.3 is 0 Å². The molecule has 72 valence electrons. The van der Waals surface area contributed by atoms with Crippen molar-refractivity contribution in [2.75, 3.05) is 13.7 Å². The van der Waals surface area contributed by atoms with Gasteiger partial charge in [-0.15, -0.1) is 0 Å². The molecule has 0 saturated heterocycles. The normalized spacial score (nSPS) is 11.7. The van der Waals surface area contributed by atoms with Gasteiger partial charge in [0.2, 0.25) is 0 Å². The van der Waals surface area contributed by atoms with Crippen LogP contribution in [0.3, 0.4) is 0 Å². The zero-order chi connectivity index (χ0) is 9.61. The lowest BCUT2D eigenvalue weighted by Gasteiger charge is -2.21. The number of ketones is 1. The van der Waals surface area contributed by atoms with Crippen LogP contribution in [0, 0.1) is 5.41 Å². The molecule has 0 unspecified atom stereocenters. The van der Waals surface area contributed by atoms with Gasteiger partial charge in [-0.3, -0.25) is 4.79 Å². The van der Waals surface area contributed by atoms with E-state index in [9.17, 15) is 4.79 Å². The molecule has 0 radical (unpaired) electrons. The van der Waals surface area contributed by atoms with Crippen molar-refractivity contribution in [2.24, 2.45) is 5.41 Å². The fraction of sp³-hybridized carbons (Fsp3) is 0.900. The molecule has 0 fully saturated rings. The lowest BCUT2D eigenvalue weighted by atomic mass is 9.86. The Balaban J connectivity index is 3.88. The monoisotopic (exact) mass is 172 g/mol. The molecule has 0 aromatic carbocycles. The van der Waals surface area contributed by atoms with Gasteiger partial charge in [0.1, 0.15) is 5.78 Å². The Morgan fingerprint density at radius 3 is 2.42 bits per heavy atom. The molecular weight excluding hydrogens is 152 g/mol. The van der Waals surface area contributed by atoms with Crippen molar-refractivity contribution in [1.82, 2.24) is 0 Å². The van der Waals surface area contributed by atoms with E-state index in [0.29, 0.717) is 18.8 Å². The Morgan fingerprint density at radius 1 is 1.42 bits per heavy atom. The average molecular weight is 172 g/mol. The average Bonchev–Trinajstić information content (AvgIpc) is 2.00. The quantitative estimate of drug-likeness (QED) is 0.615. The Labute approximate surface area is 75.3 Å². The summed E-state index contributed by atoms with van der Waals surface area (Å²) in [5, 5.41) is 0. The third-order valence-corrected chi connectivity index (χ3v) is 2.02. The van der Waals surface area contributed by atoms with E-state index in [4.69, 9.17) is 4.74 Å². The molecule has 0 aliphatic heterocycles. The molecule has 0 aliphatic carbocycles. The Hall–Kier alpha value is -0.370. The maximum Gasteiger partial charge on any atom is 0.140 e. The van der Waals surface area contributed by atoms with Crippen molar-refractivity contribution in [1.29, 1.82) is 0 Å². The Morgan fingerprint density at radius 2 is 2.00 bits per heavy atom. The van der Waals surface area contributed by atoms with Crippen LogP contribution in [0.1, 0.15) is 40.0 Å².